The minimum atomic E-state index is -4.68. The third kappa shape index (κ3) is 6.29. The largest absolute Gasteiger partial charge is 0.416 e. The smallest absolute Gasteiger partial charge is 0.333 e. The summed E-state index contributed by atoms with van der Waals surface area (Å²) in [4.78, 5) is 40.4. The number of rotatable bonds is 8. The lowest BCUT2D eigenvalue weighted by Gasteiger charge is -2.13. The average Bonchev–Trinajstić information content (AvgIpc) is 2.78. The van der Waals surface area contributed by atoms with Gasteiger partial charge in [0, 0.05) is 12.1 Å². The van der Waals surface area contributed by atoms with Gasteiger partial charge in [0.2, 0.25) is 17.5 Å². The van der Waals surface area contributed by atoms with Crippen LogP contribution in [0.4, 0.5) is 41.9 Å². The molecule has 0 fully saturated rings. The summed E-state index contributed by atoms with van der Waals surface area (Å²) in [5, 5.41) is 24.5. The zero-order valence-electron chi connectivity index (χ0n) is 17.2. The van der Waals surface area contributed by atoms with E-state index in [1.54, 1.807) is 0 Å². The molecule has 182 valence electrons. The SMILES string of the molecule is O=C(Cc1ccc([N+](=O)[O-])cc1)NNc1ncnc(Nc2cc(C(F)(F)F)ccc2Cl)c1[N+](=O)[O-]. The van der Waals surface area contributed by atoms with Gasteiger partial charge in [-0.3, -0.25) is 35.9 Å². The number of hydrogen-bond donors (Lipinski definition) is 3. The second-order valence-corrected chi connectivity index (χ2v) is 7.17. The first-order valence-corrected chi connectivity index (χ1v) is 9.75. The van der Waals surface area contributed by atoms with Gasteiger partial charge in [0.15, 0.2) is 0 Å². The fourth-order valence-corrected chi connectivity index (χ4v) is 2.92. The number of carbonyl (C=O) groups excluding carboxylic acids is 1. The highest BCUT2D eigenvalue weighted by atomic mass is 35.5. The molecule has 3 N–H and O–H groups in total. The van der Waals surface area contributed by atoms with Crippen LogP contribution >= 0.6 is 11.6 Å². The molecule has 1 heterocycles. The molecule has 0 atom stereocenters. The van der Waals surface area contributed by atoms with E-state index in [-0.39, 0.29) is 22.8 Å². The molecule has 0 aliphatic heterocycles. The number of anilines is 3. The van der Waals surface area contributed by atoms with Crippen LogP contribution in [-0.2, 0) is 17.4 Å². The van der Waals surface area contributed by atoms with Gasteiger partial charge in [-0.25, -0.2) is 9.97 Å². The molecule has 0 spiro atoms. The van der Waals surface area contributed by atoms with Crippen LogP contribution in [0.5, 0.6) is 0 Å². The summed E-state index contributed by atoms with van der Waals surface area (Å²) >= 11 is 5.92. The van der Waals surface area contributed by atoms with E-state index in [0.717, 1.165) is 18.5 Å². The lowest BCUT2D eigenvalue weighted by atomic mass is 10.1. The second-order valence-electron chi connectivity index (χ2n) is 6.77. The van der Waals surface area contributed by atoms with Crippen LogP contribution in [0, 0.1) is 20.2 Å². The van der Waals surface area contributed by atoms with E-state index in [0.29, 0.717) is 11.6 Å². The topological polar surface area (TPSA) is 165 Å². The van der Waals surface area contributed by atoms with Crippen molar-refractivity contribution in [2.75, 3.05) is 10.7 Å². The Morgan fingerprint density at radius 3 is 2.26 bits per heavy atom. The molecule has 0 aliphatic rings. The van der Waals surface area contributed by atoms with Crippen molar-refractivity contribution in [1.82, 2.24) is 15.4 Å². The summed E-state index contributed by atoms with van der Waals surface area (Å²) in [5.41, 5.74) is 2.60. The van der Waals surface area contributed by atoms with Crippen LogP contribution in [0.25, 0.3) is 0 Å². The van der Waals surface area contributed by atoms with E-state index in [1.165, 1.54) is 24.3 Å². The van der Waals surface area contributed by atoms with Gasteiger partial charge < -0.3 is 5.32 Å². The number of hydrazine groups is 1. The van der Waals surface area contributed by atoms with Crippen molar-refractivity contribution >= 4 is 46.2 Å². The molecule has 0 saturated carbocycles. The number of alkyl halides is 3. The lowest BCUT2D eigenvalue weighted by Crippen LogP contribution is -2.31. The van der Waals surface area contributed by atoms with Gasteiger partial charge in [-0.1, -0.05) is 23.7 Å². The van der Waals surface area contributed by atoms with Gasteiger partial charge >= 0.3 is 11.9 Å². The fraction of sp³-hybridized carbons (Fsp3) is 0.105. The number of nitrogens with zero attached hydrogens (tertiary/aromatic N) is 4. The number of halogens is 4. The third-order valence-electron chi connectivity index (χ3n) is 4.38. The minimum absolute atomic E-state index is 0.156. The van der Waals surface area contributed by atoms with Gasteiger partial charge in [0.05, 0.1) is 32.5 Å². The quantitative estimate of drug-likeness (QED) is 0.293. The van der Waals surface area contributed by atoms with Gasteiger partial charge in [0.25, 0.3) is 5.69 Å². The molecule has 0 bridgehead atoms. The first-order chi connectivity index (χ1) is 16.5. The summed E-state index contributed by atoms with van der Waals surface area (Å²) < 4.78 is 39.0. The summed E-state index contributed by atoms with van der Waals surface area (Å²) in [6.45, 7) is 0. The average molecular weight is 512 g/mol. The number of non-ortho nitro benzene ring substituents is 1. The monoisotopic (exact) mass is 511 g/mol. The van der Waals surface area contributed by atoms with Crippen molar-refractivity contribution in [3.63, 3.8) is 0 Å². The number of aromatic nitrogens is 2. The Kier molecular flexibility index (Phi) is 7.29. The van der Waals surface area contributed by atoms with Gasteiger partial charge in [0.1, 0.15) is 6.33 Å². The minimum Gasteiger partial charge on any atom is -0.333 e. The van der Waals surface area contributed by atoms with Crippen LogP contribution in [0.3, 0.4) is 0 Å². The van der Waals surface area contributed by atoms with Crippen LogP contribution in [0.2, 0.25) is 5.02 Å². The second kappa shape index (κ2) is 10.2. The standard InChI is InChI=1S/C19H13ClF3N7O5/c20-13-6-3-11(19(21,22)23)8-14(13)26-17-16(30(34)35)18(25-9-24-17)28-27-15(31)7-10-1-4-12(5-2-10)29(32)33/h1-6,8-9H,7H2,(H,27,31)(H2,24,25,26,28). The van der Waals surface area contributed by atoms with Crippen LogP contribution in [0.1, 0.15) is 11.1 Å². The Bertz CT molecular complexity index is 1290. The van der Waals surface area contributed by atoms with Crippen molar-refractivity contribution in [3.8, 4) is 0 Å². The molecule has 0 aliphatic carbocycles. The Balaban J connectivity index is 1.78. The van der Waals surface area contributed by atoms with Gasteiger partial charge in [-0.05, 0) is 23.8 Å². The first-order valence-electron chi connectivity index (χ1n) is 9.37. The van der Waals surface area contributed by atoms with Crippen molar-refractivity contribution in [2.24, 2.45) is 0 Å². The van der Waals surface area contributed by atoms with Crippen molar-refractivity contribution in [2.45, 2.75) is 12.6 Å². The lowest BCUT2D eigenvalue weighted by molar-refractivity contribution is -0.384. The van der Waals surface area contributed by atoms with E-state index in [2.05, 4.69) is 26.1 Å². The van der Waals surface area contributed by atoms with E-state index < -0.39 is 44.8 Å². The normalized spacial score (nSPS) is 11.0. The zero-order valence-corrected chi connectivity index (χ0v) is 17.9. The Hall–Kier alpha value is -4.53. The first kappa shape index (κ1) is 25.1. The Morgan fingerprint density at radius 1 is 1.00 bits per heavy atom. The molecule has 3 rings (SSSR count). The zero-order chi connectivity index (χ0) is 25.8. The number of nitrogens with one attached hydrogen (secondary N) is 3. The van der Waals surface area contributed by atoms with Crippen molar-refractivity contribution in [3.05, 3.63) is 85.2 Å². The summed E-state index contributed by atoms with van der Waals surface area (Å²) in [6, 6.07) is 7.53. The van der Waals surface area contributed by atoms with Crippen LogP contribution in [-0.4, -0.2) is 25.7 Å². The number of nitro groups is 2. The molecule has 35 heavy (non-hydrogen) atoms. The Morgan fingerprint density at radius 2 is 1.66 bits per heavy atom. The molecule has 0 saturated heterocycles. The Labute approximate surface area is 198 Å². The third-order valence-corrected chi connectivity index (χ3v) is 4.71. The predicted molar refractivity (Wildman–Crippen MR) is 117 cm³/mol. The molecule has 1 aromatic heterocycles. The molecule has 1 amide bonds. The van der Waals surface area contributed by atoms with E-state index in [4.69, 9.17) is 11.6 Å². The maximum atomic E-state index is 13.0. The number of nitro benzene ring substituents is 1. The fourth-order valence-electron chi connectivity index (χ4n) is 2.75. The maximum absolute atomic E-state index is 13.0. The van der Waals surface area contributed by atoms with Crippen molar-refractivity contribution in [1.29, 1.82) is 0 Å². The molecular formula is C19H13ClF3N7O5. The van der Waals surface area contributed by atoms with Gasteiger partial charge in [-0.15, -0.1) is 0 Å². The molecule has 0 radical (unpaired) electrons. The number of amides is 1. The number of benzene rings is 2. The van der Waals surface area contributed by atoms with Crippen molar-refractivity contribution < 1.29 is 27.8 Å². The van der Waals surface area contributed by atoms with E-state index in [1.807, 2.05) is 0 Å². The summed E-state index contributed by atoms with van der Waals surface area (Å²) in [7, 11) is 0. The molecule has 16 heteroatoms. The van der Waals surface area contributed by atoms with Crippen LogP contribution < -0.4 is 16.2 Å². The molecule has 2 aromatic carbocycles. The summed E-state index contributed by atoms with van der Waals surface area (Å²) in [5.74, 6) is -1.62. The van der Waals surface area contributed by atoms with Gasteiger partial charge in [-0.2, -0.15) is 13.2 Å². The highest BCUT2D eigenvalue weighted by Crippen LogP contribution is 2.37. The number of hydrogen-bond acceptors (Lipinski definition) is 9. The molecule has 3 aromatic rings. The molecular weight excluding hydrogens is 499 g/mol. The van der Waals surface area contributed by atoms with Crippen LogP contribution in [0.15, 0.2) is 48.8 Å². The maximum Gasteiger partial charge on any atom is 0.416 e. The molecule has 12 nitrogen and oxygen atoms in total. The number of carbonyl (C=O) groups is 1. The highest BCUT2D eigenvalue weighted by molar-refractivity contribution is 6.33. The van der Waals surface area contributed by atoms with E-state index in [9.17, 15) is 38.2 Å². The highest BCUT2D eigenvalue weighted by Gasteiger charge is 2.31. The predicted octanol–water partition coefficient (Wildman–Crippen LogP) is 4.39. The van der Waals surface area contributed by atoms with E-state index >= 15 is 0 Å². The summed E-state index contributed by atoms with van der Waals surface area (Å²) in [6.07, 6.45) is -4.03. The molecule has 0 unspecified atom stereocenters.